The van der Waals surface area contributed by atoms with Crippen LogP contribution in [-0.4, -0.2) is 63.6 Å². The predicted octanol–water partition coefficient (Wildman–Crippen LogP) is 2.70. The van der Waals surface area contributed by atoms with Crippen molar-refractivity contribution < 1.29 is 0 Å². The zero-order valence-corrected chi connectivity index (χ0v) is 15.3. The van der Waals surface area contributed by atoms with Gasteiger partial charge in [-0.25, -0.2) is 4.68 Å². The third kappa shape index (κ3) is 3.94. The lowest BCUT2D eigenvalue weighted by Crippen LogP contribution is -2.47. The standard InChI is InChI=1S/C18H33N5/c1-5-21-10-6-15(7-11-21)22-12-8-16(9-13-22)23-14-17(19-20-23)18(2,3)4/h14-16H,5-13H2,1-4H3. The monoisotopic (exact) mass is 319 g/mol. The van der Waals surface area contributed by atoms with Crippen molar-refractivity contribution in [3.05, 3.63) is 11.9 Å². The van der Waals surface area contributed by atoms with E-state index in [1.54, 1.807) is 0 Å². The number of nitrogens with zero attached hydrogens (tertiary/aromatic N) is 5. The lowest BCUT2D eigenvalue weighted by molar-refractivity contribution is 0.0788. The summed E-state index contributed by atoms with van der Waals surface area (Å²) in [6, 6.07) is 1.34. The van der Waals surface area contributed by atoms with Gasteiger partial charge in [0, 0.05) is 30.7 Å². The minimum Gasteiger partial charge on any atom is -0.303 e. The molecule has 1 aromatic rings. The van der Waals surface area contributed by atoms with Crippen molar-refractivity contribution in [2.24, 2.45) is 0 Å². The molecule has 130 valence electrons. The molecular formula is C18H33N5. The molecule has 3 heterocycles. The zero-order chi connectivity index (χ0) is 16.4. The summed E-state index contributed by atoms with van der Waals surface area (Å²) >= 11 is 0. The van der Waals surface area contributed by atoms with Crippen LogP contribution in [0.5, 0.6) is 0 Å². The van der Waals surface area contributed by atoms with Gasteiger partial charge < -0.3 is 9.80 Å². The van der Waals surface area contributed by atoms with Gasteiger partial charge in [0.2, 0.25) is 0 Å². The van der Waals surface area contributed by atoms with Crippen molar-refractivity contribution in [1.82, 2.24) is 24.8 Å². The number of hydrogen-bond acceptors (Lipinski definition) is 4. The first-order valence-corrected chi connectivity index (χ1v) is 9.36. The molecule has 2 saturated heterocycles. The molecule has 1 aromatic heterocycles. The van der Waals surface area contributed by atoms with E-state index in [2.05, 4.69) is 58.7 Å². The highest BCUT2D eigenvalue weighted by Gasteiger charge is 2.29. The Morgan fingerprint density at radius 2 is 1.61 bits per heavy atom. The van der Waals surface area contributed by atoms with E-state index in [0.717, 1.165) is 11.7 Å². The molecule has 0 bridgehead atoms. The Balaban J connectivity index is 1.52. The van der Waals surface area contributed by atoms with Gasteiger partial charge in [-0.3, -0.25) is 0 Å². The fraction of sp³-hybridized carbons (Fsp3) is 0.889. The van der Waals surface area contributed by atoms with E-state index in [1.165, 1.54) is 58.4 Å². The Bertz CT molecular complexity index is 488. The zero-order valence-electron chi connectivity index (χ0n) is 15.3. The molecule has 0 aromatic carbocycles. The molecule has 23 heavy (non-hydrogen) atoms. The van der Waals surface area contributed by atoms with Crippen molar-refractivity contribution in [2.75, 3.05) is 32.7 Å². The van der Waals surface area contributed by atoms with Crippen LogP contribution in [0.2, 0.25) is 0 Å². The minimum absolute atomic E-state index is 0.0895. The molecule has 0 unspecified atom stereocenters. The van der Waals surface area contributed by atoms with Crippen molar-refractivity contribution in [3.63, 3.8) is 0 Å². The Labute approximate surface area is 141 Å². The molecule has 3 rings (SSSR count). The molecule has 0 spiro atoms. The summed E-state index contributed by atoms with van der Waals surface area (Å²) in [6.45, 7) is 15.1. The summed E-state index contributed by atoms with van der Waals surface area (Å²) in [4.78, 5) is 5.30. The van der Waals surface area contributed by atoms with Crippen LogP contribution in [0.15, 0.2) is 6.20 Å². The maximum absolute atomic E-state index is 4.41. The summed E-state index contributed by atoms with van der Waals surface area (Å²) in [5.74, 6) is 0. The van der Waals surface area contributed by atoms with Crippen LogP contribution in [-0.2, 0) is 5.41 Å². The third-order valence-corrected chi connectivity index (χ3v) is 5.67. The van der Waals surface area contributed by atoms with E-state index >= 15 is 0 Å². The number of aromatic nitrogens is 3. The van der Waals surface area contributed by atoms with Gasteiger partial charge in [-0.2, -0.15) is 0 Å². The van der Waals surface area contributed by atoms with Crippen molar-refractivity contribution in [2.45, 2.75) is 70.9 Å². The van der Waals surface area contributed by atoms with Gasteiger partial charge in [0.15, 0.2) is 0 Å². The van der Waals surface area contributed by atoms with Gasteiger partial charge in [-0.1, -0.05) is 32.9 Å². The summed E-state index contributed by atoms with van der Waals surface area (Å²) in [5.41, 5.74) is 1.19. The SMILES string of the molecule is CCN1CCC(N2CCC(n3cc(C(C)(C)C)nn3)CC2)CC1. The molecule has 0 amide bonds. The van der Waals surface area contributed by atoms with Crippen LogP contribution in [0.25, 0.3) is 0 Å². The number of piperidine rings is 2. The molecule has 2 aliphatic heterocycles. The van der Waals surface area contributed by atoms with Crippen molar-refractivity contribution in [1.29, 1.82) is 0 Å². The van der Waals surface area contributed by atoms with Crippen LogP contribution in [0.3, 0.4) is 0 Å². The maximum atomic E-state index is 4.41. The Morgan fingerprint density at radius 3 is 2.13 bits per heavy atom. The maximum Gasteiger partial charge on any atom is 0.0880 e. The van der Waals surface area contributed by atoms with Gasteiger partial charge in [0.1, 0.15) is 0 Å². The van der Waals surface area contributed by atoms with Gasteiger partial charge >= 0.3 is 0 Å². The van der Waals surface area contributed by atoms with Crippen LogP contribution in [0, 0.1) is 0 Å². The number of likely N-dealkylation sites (tertiary alicyclic amines) is 2. The third-order valence-electron chi connectivity index (χ3n) is 5.67. The highest BCUT2D eigenvalue weighted by atomic mass is 15.4. The molecule has 5 nitrogen and oxygen atoms in total. The molecule has 0 aliphatic carbocycles. The smallest absolute Gasteiger partial charge is 0.0880 e. The molecule has 0 saturated carbocycles. The lowest BCUT2D eigenvalue weighted by atomic mass is 9.93. The second kappa shape index (κ2) is 6.89. The average molecular weight is 319 g/mol. The first-order chi connectivity index (χ1) is 11.0. The average Bonchev–Trinajstić information content (AvgIpc) is 3.05. The second-order valence-electron chi connectivity index (χ2n) is 8.27. The van der Waals surface area contributed by atoms with Crippen molar-refractivity contribution >= 4 is 0 Å². The van der Waals surface area contributed by atoms with Gasteiger partial charge in [-0.15, -0.1) is 5.10 Å². The van der Waals surface area contributed by atoms with Crippen molar-refractivity contribution in [3.8, 4) is 0 Å². The van der Waals surface area contributed by atoms with Crippen LogP contribution in [0.1, 0.15) is 65.1 Å². The van der Waals surface area contributed by atoms with Gasteiger partial charge in [0.25, 0.3) is 0 Å². The molecule has 0 N–H and O–H groups in total. The normalized spacial score (nSPS) is 23.5. The first-order valence-electron chi connectivity index (χ1n) is 9.36. The lowest BCUT2D eigenvalue weighted by Gasteiger charge is -2.41. The number of hydrogen-bond donors (Lipinski definition) is 0. The summed E-state index contributed by atoms with van der Waals surface area (Å²) in [7, 11) is 0. The Hall–Kier alpha value is -0.940. The van der Waals surface area contributed by atoms with E-state index in [4.69, 9.17) is 0 Å². The van der Waals surface area contributed by atoms with Gasteiger partial charge in [-0.05, 0) is 45.3 Å². The van der Waals surface area contributed by atoms with E-state index in [-0.39, 0.29) is 5.41 Å². The molecule has 2 aliphatic rings. The largest absolute Gasteiger partial charge is 0.303 e. The van der Waals surface area contributed by atoms with Crippen LogP contribution >= 0.6 is 0 Å². The van der Waals surface area contributed by atoms with E-state index in [9.17, 15) is 0 Å². The van der Waals surface area contributed by atoms with Crippen LogP contribution < -0.4 is 0 Å². The van der Waals surface area contributed by atoms with Gasteiger partial charge in [0.05, 0.1) is 11.7 Å². The molecule has 0 radical (unpaired) electrons. The Morgan fingerprint density at radius 1 is 1.00 bits per heavy atom. The molecule has 5 heteroatoms. The minimum atomic E-state index is 0.0895. The fourth-order valence-corrected chi connectivity index (χ4v) is 3.92. The second-order valence-corrected chi connectivity index (χ2v) is 8.27. The fourth-order valence-electron chi connectivity index (χ4n) is 3.92. The molecule has 2 fully saturated rings. The topological polar surface area (TPSA) is 37.2 Å². The Kier molecular flexibility index (Phi) is 5.07. The van der Waals surface area contributed by atoms with Crippen LogP contribution in [0.4, 0.5) is 0 Å². The highest BCUT2D eigenvalue weighted by Crippen LogP contribution is 2.27. The molecular weight excluding hydrogens is 286 g/mol. The summed E-state index contributed by atoms with van der Waals surface area (Å²) in [6.07, 6.45) is 7.27. The summed E-state index contributed by atoms with van der Waals surface area (Å²) in [5, 5.41) is 8.79. The predicted molar refractivity (Wildman–Crippen MR) is 93.7 cm³/mol. The highest BCUT2D eigenvalue weighted by molar-refractivity contribution is 5.07. The quantitative estimate of drug-likeness (QED) is 0.858. The van der Waals surface area contributed by atoms with E-state index in [1.807, 2.05) is 0 Å². The first kappa shape index (κ1) is 16.9. The number of rotatable bonds is 3. The molecule has 0 atom stereocenters. The van der Waals surface area contributed by atoms with E-state index < -0.39 is 0 Å². The van der Waals surface area contributed by atoms with E-state index in [0.29, 0.717) is 6.04 Å². The summed E-state index contributed by atoms with van der Waals surface area (Å²) < 4.78 is 2.12.